The maximum atomic E-state index is 12.3. The highest BCUT2D eigenvalue weighted by molar-refractivity contribution is 5.83. The molecule has 1 fully saturated rings. The minimum absolute atomic E-state index is 0.399. The normalized spacial score (nSPS) is 25.7. The van der Waals surface area contributed by atoms with Crippen molar-refractivity contribution >= 4 is 5.91 Å². The number of halogens is 3. The first-order valence-corrected chi connectivity index (χ1v) is 5.84. The van der Waals surface area contributed by atoms with Crippen LogP contribution >= 0.6 is 0 Å². The van der Waals surface area contributed by atoms with Crippen molar-refractivity contribution in [2.45, 2.75) is 32.4 Å². The number of amides is 1. The van der Waals surface area contributed by atoms with Gasteiger partial charge in [0.1, 0.15) is 6.54 Å². The van der Waals surface area contributed by atoms with E-state index in [4.69, 9.17) is 0 Å². The lowest BCUT2D eigenvalue weighted by Crippen LogP contribution is -2.52. The van der Waals surface area contributed by atoms with Crippen LogP contribution in [0.2, 0.25) is 0 Å². The van der Waals surface area contributed by atoms with E-state index in [9.17, 15) is 18.0 Å². The number of nitrogens with one attached hydrogen (secondary N) is 1. The number of rotatable bonds is 3. The molecule has 0 aromatic heterocycles. The second kappa shape index (κ2) is 5.25. The monoisotopic (exact) mass is 252 g/mol. The highest BCUT2D eigenvalue weighted by atomic mass is 19.4. The SMILES string of the molecule is CCC1(C(=O)N(C)CC(F)(F)F)CCCNC1. The Morgan fingerprint density at radius 1 is 1.47 bits per heavy atom. The van der Waals surface area contributed by atoms with Crippen LogP contribution in [0.1, 0.15) is 26.2 Å². The van der Waals surface area contributed by atoms with E-state index in [0.29, 0.717) is 19.4 Å². The Labute approximate surface area is 99.4 Å². The third kappa shape index (κ3) is 3.59. The predicted octanol–water partition coefficient (Wildman–Crippen LogP) is 1.79. The zero-order chi connectivity index (χ0) is 13.1. The lowest BCUT2D eigenvalue weighted by Gasteiger charge is -2.38. The largest absolute Gasteiger partial charge is 0.406 e. The summed E-state index contributed by atoms with van der Waals surface area (Å²) >= 11 is 0. The van der Waals surface area contributed by atoms with Crippen molar-refractivity contribution in [2.75, 3.05) is 26.7 Å². The van der Waals surface area contributed by atoms with E-state index >= 15 is 0 Å². The van der Waals surface area contributed by atoms with E-state index < -0.39 is 24.0 Å². The molecule has 1 rings (SSSR count). The first-order valence-electron chi connectivity index (χ1n) is 5.84. The second-order valence-electron chi connectivity index (χ2n) is 4.69. The summed E-state index contributed by atoms with van der Waals surface area (Å²) in [6, 6.07) is 0. The van der Waals surface area contributed by atoms with Crippen LogP contribution in [-0.2, 0) is 4.79 Å². The molecule has 0 bridgehead atoms. The van der Waals surface area contributed by atoms with Crippen LogP contribution in [0, 0.1) is 5.41 Å². The molecule has 1 aliphatic rings. The Kier molecular flexibility index (Phi) is 4.41. The fourth-order valence-corrected chi connectivity index (χ4v) is 2.35. The molecule has 0 aromatic carbocycles. The Bertz CT molecular complexity index is 272. The van der Waals surface area contributed by atoms with Gasteiger partial charge in [0, 0.05) is 13.6 Å². The number of hydrogen-bond donors (Lipinski definition) is 1. The quantitative estimate of drug-likeness (QED) is 0.830. The molecule has 1 atom stereocenters. The van der Waals surface area contributed by atoms with E-state index in [-0.39, 0.29) is 0 Å². The van der Waals surface area contributed by atoms with Crippen molar-refractivity contribution in [1.82, 2.24) is 10.2 Å². The fourth-order valence-electron chi connectivity index (χ4n) is 2.35. The molecule has 0 saturated carbocycles. The van der Waals surface area contributed by atoms with Gasteiger partial charge >= 0.3 is 6.18 Å². The number of hydrogen-bond acceptors (Lipinski definition) is 2. The van der Waals surface area contributed by atoms with Crippen molar-refractivity contribution in [2.24, 2.45) is 5.41 Å². The Hall–Kier alpha value is -0.780. The van der Waals surface area contributed by atoms with Gasteiger partial charge in [-0.1, -0.05) is 6.92 Å². The summed E-state index contributed by atoms with van der Waals surface area (Å²) in [6.45, 7) is 1.99. The molecule has 0 aliphatic carbocycles. The van der Waals surface area contributed by atoms with E-state index in [0.717, 1.165) is 17.9 Å². The summed E-state index contributed by atoms with van der Waals surface area (Å²) in [5.41, 5.74) is -0.655. The summed E-state index contributed by atoms with van der Waals surface area (Å²) in [5, 5.41) is 3.10. The van der Waals surface area contributed by atoms with Crippen molar-refractivity contribution in [3.63, 3.8) is 0 Å². The summed E-state index contributed by atoms with van der Waals surface area (Å²) < 4.78 is 36.8. The van der Waals surface area contributed by atoms with Gasteiger partial charge in [-0.2, -0.15) is 13.2 Å². The van der Waals surface area contributed by atoms with Crippen LogP contribution in [0.25, 0.3) is 0 Å². The second-order valence-corrected chi connectivity index (χ2v) is 4.69. The molecule has 17 heavy (non-hydrogen) atoms. The van der Waals surface area contributed by atoms with Crippen LogP contribution in [0.5, 0.6) is 0 Å². The third-order valence-corrected chi connectivity index (χ3v) is 3.37. The number of alkyl halides is 3. The van der Waals surface area contributed by atoms with Gasteiger partial charge in [-0.25, -0.2) is 0 Å². The maximum absolute atomic E-state index is 12.3. The first-order chi connectivity index (χ1) is 7.81. The molecule has 0 radical (unpaired) electrons. The third-order valence-electron chi connectivity index (χ3n) is 3.37. The lowest BCUT2D eigenvalue weighted by molar-refractivity contribution is -0.166. The van der Waals surface area contributed by atoms with Crippen LogP contribution in [0.3, 0.4) is 0 Å². The minimum atomic E-state index is -4.33. The lowest BCUT2D eigenvalue weighted by atomic mass is 9.77. The van der Waals surface area contributed by atoms with Gasteiger partial charge in [0.2, 0.25) is 5.91 Å². The van der Waals surface area contributed by atoms with Crippen LogP contribution < -0.4 is 5.32 Å². The summed E-state index contributed by atoms with van der Waals surface area (Å²) in [7, 11) is 1.22. The summed E-state index contributed by atoms with van der Waals surface area (Å²) in [5.74, 6) is -0.399. The van der Waals surface area contributed by atoms with Gasteiger partial charge in [0.05, 0.1) is 5.41 Å². The Morgan fingerprint density at radius 2 is 2.12 bits per heavy atom. The fraction of sp³-hybridized carbons (Fsp3) is 0.909. The molecule has 0 aromatic rings. The molecule has 1 saturated heterocycles. The van der Waals surface area contributed by atoms with E-state index in [1.807, 2.05) is 6.92 Å². The van der Waals surface area contributed by atoms with Crippen LogP contribution in [0.4, 0.5) is 13.2 Å². The van der Waals surface area contributed by atoms with Crippen molar-refractivity contribution < 1.29 is 18.0 Å². The van der Waals surface area contributed by atoms with Crippen molar-refractivity contribution in [1.29, 1.82) is 0 Å². The molecule has 1 aliphatic heterocycles. The van der Waals surface area contributed by atoms with Gasteiger partial charge in [0.15, 0.2) is 0 Å². The molecule has 3 nitrogen and oxygen atoms in total. The molecular weight excluding hydrogens is 233 g/mol. The van der Waals surface area contributed by atoms with E-state index in [1.165, 1.54) is 7.05 Å². The molecular formula is C11H19F3N2O. The highest BCUT2D eigenvalue weighted by Gasteiger charge is 2.42. The molecule has 1 N–H and O–H groups in total. The maximum Gasteiger partial charge on any atom is 0.406 e. The standard InChI is InChI=1S/C11H19F3N2O/c1-3-10(5-4-6-15-7-10)9(17)16(2)8-11(12,13)14/h15H,3-8H2,1-2H3. The van der Waals surface area contributed by atoms with Gasteiger partial charge in [-0.15, -0.1) is 0 Å². The summed E-state index contributed by atoms with van der Waals surface area (Å²) in [6.07, 6.45) is -2.26. The average Bonchev–Trinajstić information content (AvgIpc) is 2.26. The van der Waals surface area contributed by atoms with Gasteiger partial charge in [0.25, 0.3) is 0 Å². The first kappa shape index (κ1) is 14.3. The summed E-state index contributed by atoms with van der Waals surface area (Å²) in [4.78, 5) is 12.9. The molecule has 1 heterocycles. The Morgan fingerprint density at radius 3 is 2.53 bits per heavy atom. The Balaban J connectivity index is 2.71. The average molecular weight is 252 g/mol. The van der Waals surface area contributed by atoms with Gasteiger partial charge < -0.3 is 10.2 Å². The predicted molar refractivity (Wildman–Crippen MR) is 58.5 cm³/mol. The molecule has 0 spiro atoms. The topological polar surface area (TPSA) is 32.3 Å². The zero-order valence-corrected chi connectivity index (χ0v) is 10.2. The smallest absolute Gasteiger partial charge is 0.336 e. The molecule has 1 unspecified atom stereocenters. The number of carbonyl (C=O) groups is 1. The number of carbonyl (C=O) groups excluding carboxylic acids is 1. The van der Waals surface area contributed by atoms with Gasteiger partial charge in [-0.05, 0) is 25.8 Å². The van der Waals surface area contributed by atoms with Crippen molar-refractivity contribution in [3.8, 4) is 0 Å². The molecule has 100 valence electrons. The van der Waals surface area contributed by atoms with Crippen LogP contribution in [0.15, 0.2) is 0 Å². The highest BCUT2D eigenvalue weighted by Crippen LogP contribution is 2.32. The van der Waals surface area contributed by atoms with Gasteiger partial charge in [-0.3, -0.25) is 4.79 Å². The molecule has 1 amide bonds. The van der Waals surface area contributed by atoms with E-state index in [1.54, 1.807) is 0 Å². The van der Waals surface area contributed by atoms with E-state index in [2.05, 4.69) is 5.32 Å². The van der Waals surface area contributed by atoms with Crippen molar-refractivity contribution in [3.05, 3.63) is 0 Å². The minimum Gasteiger partial charge on any atom is -0.336 e. The van der Waals surface area contributed by atoms with Crippen LogP contribution in [-0.4, -0.2) is 43.7 Å². The number of piperidine rings is 1. The molecule has 6 heteroatoms. The zero-order valence-electron chi connectivity index (χ0n) is 10.2. The number of nitrogens with zero attached hydrogens (tertiary/aromatic N) is 1.